The average Bonchev–Trinajstić information content (AvgIpc) is 3.73. The Kier molecular flexibility index (Phi) is 8.97. The molecule has 2 saturated carbocycles. The van der Waals surface area contributed by atoms with Crippen molar-refractivity contribution in [2.24, 2.45) is 22.7 Å². The number of nitrogens with one attached hydrogen (secondary N) is 1. The van der Waals surface area contributed by atoms with Gasteiger partial charge in [-0.15, -0.1) is 0 Å². The number of epoxide rings is 1. The molecule has 1 aromatic heterocycles. The van der Waals surface area contributed by atoms with Gasteiger partial charge in [0, 0.05) is 31.4 Å². The summed E-state index contributed by atoms with van der Waals surface area (Å²) in [7, 11) is 3.88. The van der Waals surface area contributed by atoms with Gasteiger partial charge in [0.2, 0.25) is 0 Å². The van der Waals surface area contributed by atoms with Gasteiger partial charge in [0.15, 0.2) is 0 Å². The number of nitrogens with zero attached hydrogens (tertiary/aromatic N) is 2. The van der Waals surface area contributed by atoms with Crippen molar-refractivity contribution in [1.82, 2.24) is 4.98 Å². The zero-order valence-corrected chi connectivity index (χ0v) is 28.0. The lowest BCUT2D eigenvalue weighted by Gasteiger charge is -2.61. The van der Waals surface area contributed by atoms with Crippen LogP contribution in [0, 0.1) is 22.7 Å². The van der Waals surface area contributed by atoms with Gasteiger partial charge in [0.05, 0.1) is 43.1 Å². The number of aromatic nitrogens is 1. The topological polar surface area (TPSA) is 134 Å². The van der Waals surface area contributed by atoms with Crippen molar-refractivity contribution in [3.05, 3.63) is 71.6 Å². The zero-order valence-electron chi connectivity index (χ0n) is 28.0. The van der Waals surface area contributed by atoms with Gasteiger partial charge < -0.3 is 34.6 Å². The molecule has 10 heteroatoms. The smallest absolute Gasteiger partial charge is 0.342 e. The van der Waals surface area contributed by atoms with Crippen LogP contribution in [0.1, 0.15) is 58.4 Å². The summed E-state index contributed by atoms with van der Waals surface area (Å²) in [6, 6.07) is 12.5. The van der Waals surface area contributed by atoms with Gasteiger partial charge in [0.25, 0.3) is 0 Å². The SMILES string of the molecule is CCOC(=O)/C(=C1/C=C(C(CC2C3(CCC4[C@]2(C)CC[C@@H](O)[C@@]4(C)CO)CO3)Nc2ccccn2)C(=O)O1)c1ccc(N(C)C)cc1. The maximum absolute atomic E-state index is 13.8. The molecule has 0 amide bonds. The van der Waals surface area contributed by atoms with Crippen LogP contribution in [0.25, 0.3) is 5.57 Å². The van der Waals surface area contributed by atoms with Crippen LogP contribution in [-0.4, -0.2) is 78.8 Å². The Morgan fingerprint density at radius 2 is 1.89 bits per heavy atom. The molecule has 2 aromatic rings. The number of anilines is 2. The number of aliphatic hydroxyl groups is 2. The molecule has 47 heavy (non-hydrogen) atoms. The third kappa shape index (κ3) is 5.96. The van der Waals surface area contributed by atoms with Crippen molar-refractivity contribution in [2.45, 2.75) is 70.6 Å². The number of rotatable bonds is 10. The first-order valence-corrected chi connectivity index (χ1v) is 16.7. The maximum atomic E-state index is 13.8. The minimum Gasteiger partial charge on any atom is -0.462 e. The van der Waals surface area contributed by atoms with Crippen LogP contribution in [0.4, 0.5) is 11.5 Å². The van der Waals surface area contributed by atoms with Crippen LogP contribution < -0.4 is 10.2 Å². The number of aliphatic hydroxyl groups excluding tert-OH is 2. The van der Waals surface area contributed by atoms with E-state index in [2.05, 4.69) is 17.2 Å². The van der Waals surface area contributed by atoms with E-state index >= 15 is 0 Å². The molecule has 3 heterocycles. The van der Waals surface area contributed by atoms with Crippen molar-refractivity contribution in [3.8, 4) is 0 Å². The van der Waals surface area contributed by atoms with Crippen molar-refractivity contribution in [3.63, 3.8) is 0 Å². The van der Waals surface area contributed by atoms with E-state index in [0.717, 1.165) is 24.9 Å². The molecular weight excluding hydrogens is 598 g/mol. The summed E-state index contributed by atoms with van der Waals surface area (Å²) in [5.74, 6) is -0.277. The first kappa shape index (κ1) is 33.2. The van der Waals surface area contributed by atoms with Gasteiger partial charge in [-0.2, -0.15) is 0 Å². The summed E-state index contributed by atoms with van der Waals surface area (Å²) in [4.78, 5) is 33.6. The quantitative estimate of drug-likeness (QED) is 0.189. The summed E-state index contributed by atoms with van der Waals surface area (Å²) in [6.07, 6.45) is 6.35. The normalized spacial score (nSPS) is 33.0. The first-order valence-electron chi connectivity index (χ1n) is 16.7. The lowest BCUT2D eigenvalue weighted by atomic mass is 9.44. The van der Waals surface area contributed by atoms with Crippen LogP contribution in [0.3, 0.4) is 0 Å². The second kappa shape index (κ2) is 12.7. The van der Waals surface area contributed by atoms with E-state index in [1.807, 2.05) is 68.4 Å². The Morgan fingerprint density at radius 3 is 2.51 bits per heavy atom. The third-order valence-electron chi connectivity index (χ3n) is 11.4. The van der Waals surface area contributed by atoms with Gasteiger partial charge in [-0.05, 0) is 92.2 Å². The van der Waals surface area contributed by atoms with E-state index in [0.29, 0.717) is 36.4 Å². The lowest BCUT2D eigenvalue weighted by Crippen LogP contribution is -2.61. The summed E-state index contributed by atoms with van der Waals surface area (Å²) >= 11 is 0. The predicted molar refractivity (Wildman–Crippen MR) is 178 cm³/mol. The second-order valence-electron chi connectivity index (χ2n) is 14.3. The second-order valence-corrected chi connectivity index (χ2v) is 14.3. The number of pyridine rings is 1. The third-order valence-corrected chi connectivity index (χ3v) is 11.4. The highest BCUT2D eigenvalue weighted by Crippen LogP contribution is 2.66. The molecule has 2 aliphatic carbocycles. The number of ether oxygens (including phenoxy) is 3. The molecule has 4 unspecified atom stereocenters. The molecule has 4 aliphatic rings. The largest absolute Gasteiger partial charge is 0.462 e. The number of fused-ring (bicyclic) bond motifs is 1. The van der Waals surface area contributed by atoms with Crippen molar-refractivity contribution in [2.75, 3.05) is 44.1 Å². The minimum atomic E-state index is -0.635. The fraction of sp³-hybridized carbons (Fsp3) is 0.541. The maximum Gasteiger partial charge on any atom is 0.342 e. The molecular formula is C37H47N3O7. The molecule has 3 N–H and O–H groups in total. The molecule has 7 atom stereocenters. The fourth-order valence-electron chi connectivity index (χ4n) is 8.69. The molecule has 10 nitrogen and oxygen atoms in total. The van der Waals surface area contributed by atoms with Crippen LogP contribution in [0.5, 0.6) is 0 Å². The zero-order chi connectivity index (χ0) is 33.6. The summed E-state index contributed by atoms with van der Waals surface area (Å²) in [6.45, 7) is 6.73. The van der Waals surface area contributed by atoms with E-state index in [9.17, 15) is 19.8 Å². The number of cyclic esters (lactones) is 1. The monoisotopic (exact) mass is 645 g/mol. The fourth-order valence-corrected chi connectivity index (χ4v) is 8.69. The Hall–Kier alpha value is -3.73. The number of benzene rings is 1. The van der Waals surface area contributed by atoms with Gasteiger partial charge in [-0.1, -0.05) is 32.0 Å². The summed E-state index contributed by atoms with van der Waals surface area (Å²) < 4.78 is 17.6. The van der Waals surface area contributed by atoms with Crippen LogP contribution in [-0.2, 0) is 23.8 Å². The number of hydrogen-bond donors (Lipinski definition) is 3. The Balaban J connectivity index is 1.42. The highest BCUT2D eigenvalue weighted by molar-refractivity contribution is 6.19. The standard InChI is InChI=1S/C37H47N3O7/c1-6-45-34(44)32(23-10-12-24(13-11-23)40(4)5)27-19-25(33(43)47-27)26(39-31-9-7-8-18-38-31)20-29-35(2)16-15-30(42)36(3,21-41)28(35)14-17-37(29)22-46-37/h7-13,18-19,26,28-30,41-42H,6,14-17,20-22H2,1-5H3,(H,38,39)/b32-27-/t26?,28?,29?,30-,35+,36+,37?/m1/s1. The molecule has 0 bridgehead atoms. The molecule has 3 fully saturated rings. The predicted octanol–water partition coefficient (Wildman–Crippen LogP) is 4.73. The molecule has 2 aliphatic heterocycles. The molecule has 6 rings (SSSR count). The van der Waals surface area contributed by atoms with E-state index in [1.54, 1.807) is 19.2 Å². The van der Waals surface area contributed by atoms with Gasteiger partial charge in [0.1, 0.15) is 17.2 Å². The van der Waals surface area contributed by atoms with Gasteiger partial charge >= 0.3 is 11.9 Å². The Morgan fingerprint density at radius 1 is 1.15 bits per heavy atom. The van der Waals surface area contributed by atoms with Crippen molar-refractivity contribution in [1.29, 1.82) is 0 Å². The Labute approximate surface area is 276 Å². The number of carbonyl (C=O) groups excluding carboxylic acids is 2. The number of allylic oxidation sites excluding steroid dienone is 1. The van der Waals surface area contributed by atoms with E-state index in [-0.39, 0.29) is 47.4 Å². The number of hydrogen-bond acceptors (Lipinski definition) is 10. The van der Waals surface area contributed by atoms with Crippen LogP contribution in [0.15, 0.2) is 66.1 Å². The van der Waals surface area contributed by atoms with Gasteiger partial charge in [-0.3, -0.25) is 0 Å². The van der Waals surface area contributed by atoms with Crippen molar-refractivity contribution >= 4 is 29.0 Å². The van der Waals surface area contributed by atoms with E-state index < -0.39 is 29.5 Å². The highest BCUT2D eigenvalue weighted by Gasteiger charge is 2.67. The number of esters is 2. The van der Waals surface area contributed by atoms with E-state index in [1.165, 1.54) is 0 Å². The van der Waals surface area contributed by atoms with Gasteiger partial charge in [-0.25, -0.2) is 14.6 Å². The molecule has 0 radical (unpaired) electrons. The average molecular weight is 646 g/mol. The summed E-state index contributed by atoms with van der Waals surface area (Å²) in [5.41, 5.74) is 0.888. The summed E-state index contributed by atoms with van der Waals surface area (Å²) in [5, 5.41) is 25.1. The molecule has 1 aromatic carbocycles. The molecule has 1 saturated heterocycles. The van der Waals surface area contributed by atoms with Crippen LogP contribution >= 0.6 is 0 Å². The molecule has 252 valence electrons. The van der Waals surface area contributed by atoms with Crippen molar-refractivity contribution < 1.29 is 34.0 Å². The minimum absolute atomic E-state index is 0.0122. The molecule has 1 spiro atoms. The van der Waals surface area contributed by atoms with Crippen LogP contribution in [0.2, 0.25) is 0 Å². The van der Waals surface area contributed by atoms with E-state index in [4.69, 9.17) is 14.2 Å². The first-order chi connectivity index (χ1) is 22.5. The lowest BCUT2D eigenvalue weighted by molar-refractivity contribution is -0.177. The highest BCUT2D eigenvalue weighted by atomic mass is 16.6. The number of carbonyl (C=O) groups is 2. The Bertz CT molecular complexity index is 1550.